The molecule has 1 aromatic heterocycles. The number of anilines is 1. The third-order valence-corrected chi connectivity index (χ3v) is 2.52. The van der Waals surface area contributed by atoms with E-state index in [1.807, 2.05) is 6.92 Å². The Balaban J connectivity index is 2.88. The van der Waals surface area contributed by atoms with Crippen molar-refractivity contribution >= 4 is 17.3 Å². The average Bonchev–Trinajstić information content (AvgIpc) is 2.27. The van der Waals surface area contributed by atoms with Gasteiger partial charge in [-0.1, -0.05) is 24.9 Å². The molecule has 0 radical (unpaired) electrons. The van der Waals surface area contributed by atoms with Crippen LogP contribution >= 0.6 is 11.6 Å². The Morgan fingerprint density at radius 2 is 2.17 bits per heavy atom. The van der Waals surface area contributed by atoms with Gasteiger partial charge in [0.15, 0.2) is 0 Å². The molecule has 1 N–H and O–H groups in total. The van der Waals surface area contributed by atoms with Crippen LogP contribution in [0.15, 0.2) is 11.0 Å². The Hall–Kier alpha value is -1.24. The minimum absolute atomic E-state index is 0.258. The van der Waals surface area contributed by atoms with Crippen LogP contribution in [-0.2, 0) is 6.54 Å². The monoisotopic (exact) mass is 283 g/mol. The molecule has 0 aliphatic rings. The van der Waals surface area contributed by atoms with Crippen molar-refractivity contribution in [3.8, 4) is 0 Å². The first-order valence-corrected chi connectivity index (χ1v) is 5.79. The number of halogens is 4. The van der Waals surface area contributed by atoms with Crippen LogP contribution in [0.2, 0.25) is 5.02 Å². The zero-order chi connectivity index (χ0) is 13.8. The summed E-state index contributed by atoms with van der Waals surface area (Å²) >= 11 is 5.70. The van der Waals surface area contributed by atoms with E-state index in [0.717, 1.165) is 19.0 Å². The topological polar surface area (TPSA) is 46.9 Å². The van der Waals surface area contributed by atoms with Crippen molar-refractivity contribution in [1.82, 2.24) is 9.78 Å². The second-order valence-electron chi connectivity index (χ2n) is 3.73. The summed E-state index contributed by atoms with van der Waals surface area (Å²) in [5.74, 6) is 0. The van der Waals surface area contributed by atoms with E-state index in [9.17, 15) is 18.0 Å². The first-order valence-electron chi connectivity index (χ1n) is 5.41. The number of alkyl halides is 3. The lowest BCUT2D eigenvalue weighted by Gasteiger charge is -2.11. The van der Waals surface area contributed by atoms with Crippen LogP contribution in [0.5, 0.6) is 0 Å². The molecule has 18 heavy (non-hydrogen) atoms. The Morgan fingerprint density at radius 3 is 2.72 bits per heavy atom. The van der Waals surface area contributed by atoms with Gasteiger partial charge in [-0.25, -0.2) is 4.68 Å². The Labute approximate surface area is 107 Å². The predicted molar refractivity (Wildman–Crippen MR) is 63.0 cm³/mol. The molecular formula is C10H13ClF3N3O. The van der Waals surface area contributed by atoms with Gasteiger partial charge in [0.05, 0.1) is 11.9 Å². The van der Waals surface area contributed by atoms with E-state index in [0.29, 0.717) is 11.2 Å². The van der Waals surface area contributed by atoms with Crippen LogP contribution in [0.3, 0.4) is 0 Å². The highest BCUT2D eigenvalue weighted by atomic mass is 35.5. The van der Waals surface area contributed by atoms with Crippen LogP contribution < -0.4 is 10.9 Å². The van der Waals surface area contributed by atoms with E-state index >= 15 is 0 Å². The maximum absolute atomic E-state index is 12.1. The van der Waals surface area contributed by atoms with E-state index in [4.69, 9.17) is 11.6 Å². The van der Waals surface area contributed by atoms with Gasteiger partial charge in [-0.05, 0) is 6.42 Å². The molecule has 8 heteroatoms. The summed E-state index contributed by atoms with van der Waals surface area (Å²) < 4.78 is 36.7. The number of rotatable bonds is 5. The van der Waals surface area contributed by atoms with Gasteiger partial charge >= 0.3 is 6.18 Å². The fourth-order valence-electron chi connectivity index (χ4n) is 1.27. The number of nitrogens with zero attached hydrogens (tertiary/aromatic N) is 2. The molecule has 1 aromatic rings. The molecule has 0 saturated heterocycles. The molecule has 102 valence electrons. The van der Waals surface area contributed by atoms with Crippen LogP contribution in [0, 0.1) is 0 Å². The van der Waals surface area contributed by atoms with Gasteiger partial charge in [0, 0.05) is 6.54 Å². The van der Waals surface area contributed by atoms with Crippen molar-refractivity contribution in [2.45, 2.75) is 32.5 Å². The molecule has 1 rings (SSSR count). The van der Waals surface area contributed by atoms with Crippen LogP contribution in [0.4, 0.5) is 18.9 Å². The first-order chi connectivity index (χ1) is 8.35. The number of nitrogens with one attached hydrogen (secondary N) is 1. The number of hydrogen-bond donors (Lipinski definition) is 1. The molecule has 0 fully saturated rings. The van der Waals surface area contributed by atoms with Crippen LogP contribution in [-0.4, -0.2) is 22.5 Å². The highest BCUT2D eigenvalue weighted by Gasteiger charge is 2.29. The lowest BCUT2D eigenvalue weighted by molar-refractivity contribution is -0.143. The van der Waals surface area contributed by atoms with Gasteiger partial charge in [0.1, 0.15) is 11.6 Å². The van der Waals surface area contributed by atoms with Crippen LogP contribution in [0.25, 0.3) is 0 Å². The van der Waals surface area contributed by atoms with Gasteiger partial charge in [0.25, 0.3) is 5.56 Å². The number of unbranched alkanes of at least 4 members (excludes halogenated alkanes) is 1. The molecule has 0 saturated carbocycles. The van der Waals surface area contributed by atoms with Gasteiger partial charge in [0.2, 0.25) is 0 Å². The van der Waals surface area contributed by atoms with Crippen molar-refractivity contribution in [1.29, 1.82) is 0 Å². The summed E-state index contributed by atoms with van der Waals surface area (Å²) in [6, 6.07) is 0. The van der Waals surface area contributed by atoms with Crippen molar-refractivity contribution in [3.05, 3.63) is 21.6 Å². The zero-order valence-corrected chi connectivity index (χ0v) is 10.5. The van der Waals surface area contributed by atoms with Crippen molar-refractivity contribution in [3.63, 3.8) is 0 Å². The van der Waals surface area contributed by atoms with Gasteiger partial charge in [-0.15, -0.1) is 0 Å². The Bertz CT molecular complexity index is 459. The third kappa shape index (κ3) is 4.21. The average molecular weight is 284 g/mol. The molecule has 0 spiro atoms. The molecule has 0 aromatic carbocycles. The second kappa shape index (κ2) is 6.08. The van der Waals surface area contributed by atoms with Crippen molar-refractivity contribution in [2.24, 2.45) is 0 Å². The smallest absolute Gasteiger partial charge is 0.382 e. The number of hydrogen-bond acceptors (Lipinski definition) is 3. The van der Waals surface area contributed by atoms with E-state index in [1.165, 1.54) is 0 Å². The van der Waals surface area contributed by atoms with E-state index < -0.39 is 18.3 Å². The second-order valence-corrected chi connectivity index (χ2v) is 4.11. The molecular weight excluding hydrogens is 271 g/mol. The Kier molecular flexibility index (Phi) is 5.01. The fraction of sp³-hybridized carbons (Fsp3) is 0.600. The largest absolute Gasteiger partial charge is 0.408 e. The standard InChI is InChI=1S/C10H13ClF3N3O/c1-2-3-4-15-7-5-16-17(6-10(12,13)14)9(18)8(7)11/h5,15H,2-4,6H2,1H3. The summed E-state index contributed by atoms with van der Waals surface area (Å²) in [7, 11) is 0. The van der Waals surface area contributed by atoms with Crippen molar-refractivity contribution < 1.29 is 13.2 Å². The molecule has 1 heterocycles. The minimum Gasteiger partial charge on any atom is -0.382 e. The molecule has 0 unspecified atom stereocenters. The maximum Gasteiger partial charge on any atom is 0.408 e. The number of aromatic nitrogens is 2. The predicted octanol–water partition coefficient (Wildman–Crippen LogP) is 2.67. The summed E-state index contributed by atoms with van der Waals surface area (Å²) in [4.78, 5) is 11.5. The SMILES string of the molecule is CCCCNc1cnn(CC(F)(F)F)c(=O)c1Cl. The molecule has 0 aliphatic carbocycles. The fourth-order valence-corrected chi connectivity index (χ4v) is 1.48. The third-order valence-electron chi connectivity index (χ3n) is 2.16. The minimum atomic E-state index is -4.50. The highest BCUT2D eigenvalue weighted by Crippen LogP contribution is 2.19. The maximum atomic E-state index is 12.1. The molecule has 0 atom stereocenters. The summed E-state index contributed by atoms with van der Waals surface area (Å²) in [5.41, 5.74) is -0.691. The normalized spacial score (nSPS) is 11.6. The summed E-state index contributed by atoms with van der Waals surface area (Å²) in [6.45, 7) is 1.13. The van der Waals surface area contributed by atoms with Crippen LogP contribution in [0.1, 0.15) is 19.8 Å². The van der Waals surface area contributed by atoms with E-state index in [2.05, 4.69) is 10.4 Å². The van der Waals surface area contributed by atoms with Gasteiger partial charge < -0.3 is 5.32 Å². The molecule has 4 nitrogen and oxygen atoms in total. The zero-order valence-electron chi connectivity index (χ0n) is 9.72. The molecule has 0 bridgehead atoms. The van der Waals surface area contributed by atoms with E-state index in [-0.39, 0.29) is 10.7 Å². The Morgan fingerprint density at radius 1 is 1.50 bits per heavy atom. The van der Waals surface area contributed by atoms with Crippen molar-refractivity contribution in [2.75, 3.05) is 11.9 Å². The summed E-state index contributed by atoms with van der Waals surface area (Å²) in [6.07, 6.45) is -1.56. The summed E-state index contributed by atoms with van der Waals surface area (Å²) in [5, 5.41) is 6.02. The quantitative estimate of drug-likeness (QED) is 0.845. The van der Waals surface area contributed by atoms with E-state index in [1.54, 1.807) is 0 Å². The molecule has 0 aliphatic heterocycles. The lowest BCUT2D eigenvalue weighted by atomic mass is 10.3. The molecule has 0 amide bonds. The lowest BCUT2D eigenvalue weighted by Crippen LogP contribution is -2.30. The van der Waals surface area contributed by atoms with Gasteiger partial charge in [-0.3, -0.25) is 4.79 Å². The first kappa shape index (κ1) is 14.8. The van der Waals surface area contributed by atoms with Gasteiger partial charge in [-0.2, -0.15) is 18.3 Å². The highest BCUT2D eigenvalue weighted by molar-refractivity contribution is 6.32.